The molecule has 2 unspecified atom stereocenters. The predicted molar refractivity (Wildman–Crippen MR) is 120 cm³/mol. The molecular formula is C23H27F3N2O3S. The van der Waals surface area contributed by atoms with E-state index in [9.17, 15) is 22.8 Å². The lowest BCUT2D eigenvalue weighted by Gasteiger charge is -2.20. The van der Waals surface area contributed by atoms with Crippen molar-refractivity contribution in [3.05, 3.63) is 53.6 Å². The number of carbonyl (C=O) groups excluding carboxylic acids is 2. The molecule has 0 saturated heterocycles. The molecule has 0 saturated carbocycles. The molecule has 0 heterocycles. The summed E-state index contributed by atoms with van der Waals surface area (Å²) in [6, 6.07) is 9.93. The van der Waals surface area contributed by atoms with Gasteiger partial charge in [0, 0.05) is 17.1 Å². The zero-order valence-corrected chi connectivity index (χ0v) is 19.2. The van der Waals surface area contributed by atoms with E-state index in [2.05, 4.69) is 10.6 Å². The number of amides is 2. The van der Waals surface area contributed by atoms with Crippen LogP contribution in [-0.4, -0.2) is 24.2 Å². The molecule has 2 aromatic carbocycles. The average Bonchev–Trinajstić information content (AvgIpc) is 2.73. The number of alkyl halides is 3. The smallest absolute Gasteiger partial charge is 0.418 e. The molecule has 32 heavy (non-hydrogen) atoms. The highest BCUT2D eigenvalue weighted by Gasteiger charge is 2.34. The zero-order valence-electron chi connectivity index (χ0n) is 18.4. The molecule has 5 nitrogen and oxygen atoms in total. The first-order chi connectivity index (χ1) is 15.0. The van der Waals surface area contributed by atoms with Crippen molar-refractivity contribution in [1.29, 1.82) is 0 Å². The third kappa shape index (κ3) is 7.47. The van der Waals surface area contributed by atoms with Gasteiger partial charge < -0.3 is 15.4 Å². The average molecular weight is 469 g/mol. The van der Waals surface area contributed by atoms with E-state index in [0.717, 1.165) is 12.5 Å². The number of anilines is 1. The number of methoxy groups -OCH3 is 1. The summed E-state index contributed by atoms with van der Waals surface area (Å²) in [6.07, 6.45) is -4.03. The molecule has 9 heteroatoms. The monoisotopic (exact) mass is 468 g/mol. The van der Waals surface area contributed by atoms with E-state index in [1.165, 1.54) is 31.9 Å². The van der Waals surface area contributed by atoms with Crippen molar-refractivity contribution in [2.75, 3.05) is 12.4 Å². The van der Waals surface area contributed by atoms with Crippen molar-refractivity contribution in [3.8, 4) is 5.75 Å². The van der Waals surface area contributed by atoms with Crippen LogP contribution in [0.4, 0.5) is 18.9 Å². The van der Waals surface area contributed by atoms with E-state index in [1.807, 2.05) is 13.8 Å². The van der Waals surface area contributed by atoms with Crippen LogP contribution in [-0.2, 0) is 15.8 Å². The molecule has 0 fully saturated rings. The van der Waals surface area contributed by atoms with Gasteiger partial charge in [-0.3, -0.25) is 9.59 Å². The highest BCUT2D eigenvalue weighted by atomic mass is 32.2. The van der Waals surface area contributed by atoms with Crippen molar-refractivity contribution < 1.29 is 27.5 Å². The second-order valence-corrected chi connectivity index (χ2v) is 8.83. The Morgan fingerprint density at radius 1 is 1.12 bits per heavy atom. The first-order valence-corrected chi connectivity index (χ1v) is 11.0. The number of ether oxygens (including phenoxy) is 1. The molecule has 0 aliphatic carbocycles. The van der Waals surface area contributed by atoms with E-state index >= 15 is 0 Å². The van der Waals surface area contributed by atoms with Crippen LogP contribution in [0.1, 0.15) is 50.8 Å². The van der Waals surface area contributed by atoms with Crippen LogP contribution in [0.3, 0.4) is 0 Å². The third-order valence-electron chi connectivity index (χ3n) is 4.77. The normalized spacial score (nSPS) is 13.2. The highest BCUT2D eigenvalue weighted by Crippen LogP contribution is 2.38. The SMILES string of the molecule is CCC(C)Sc1ccc(NC(=O)CC(NC(C)=O)c2ccc(OC)cc2)c(C(F)(F)F)c1. The van der Waals surface area contributed by atoms with Crippen molar-refractivity contribution in [3.63, 3.8) is 0 Å². The van der Waals surface area contributed by atoms with E-state index in [-0.39, 0.29) is 23.3 Å². The van der Waals surface area contributed by atoms with Crippen LogP contribution < -0.4 is 15.4 Å². The maximum atomic E-state index is 13.6. The topological polar surface area (TPSA) is 67.4 Å². The number of nitrogens with one attached hydrogen (secondary N) is 2. The van der Waals surface area contributed by atoms with Crippen molar-refractivity contribution in [2.24, 2.45) is 0 Å². The fraction of sp³-hybridized carbons (Fsp3) is 0.391. The first-order valence-electron chi connectivity index (χ1n) is 10.1. The minimum absolute atomic E-state index is 0.166. The molecule has 2 rings (SSSR count). The van der Waals surface area contributed by atoms with Crippen LogP contribution >= 0.6 is 11.8 Å². The number of benzene rings is 2. The fourth-order valence-corrected chi connectivity index (χ4v) is 3.94. The Morgan fingerprint density at radius 2 is 1.78 bits per heavy atom. The molecule has 0 spiro atoms. The number of hydrogen-bond acceptors (Lipinski definition) is 4. The second-order valence-electron chi connectivity index (χ2n) is 7.32. The molecule has 2 atom stereocenters. The molecular weight excluding hydrogens is 441 g/mol. The summed E-state index contributed by atoms with van der Waals surface area (Å²) in [4.78, 5) is 24.7. The minimum Gasteiger partial charge on any atom is -0.497 e. The number of rotatable bonds is 9. The van der Waals surface area contributed by atoms with Gasteiger partial charge in [-0.1, -0.05) is 26.0 Å². The molecule has 174 valence electrons. The Morgan fingerprint density at radius 3 is 2.31 bits per heavy atom. The number of halogens is 3. The van der Waals surface area contributed by atoms with Gasteiger partial charge in [0.25, 0.3) is 0 Å². The fourth-order valence-electron chi connectivity index (χ4n) is 2.98. The van der Waals surface area contributed by atoms with E-state index in [1.54, 1.807) is 30.3 Å². The Bertz CT molecular complexity index is 933. The van der Waals surface area contributed by atoms with Crippen molar-refractivity contribution >= 4 is 29.3 Å². The van der Waals surface area contributed by atoms with Crippen molar-refractivity contribution in [2.45, 2.75) is 56.0 Å². The maximum absolute atomic E-state index is 13.6. The number of thioether (sulfide) groups is 1. The lowest BCUT2D eigenvalue weighted by Crippen LogP contribution is -2.30. The Balaban J connectivity index is 2.23. The van der Waals surface area contributed by atoms with E-state index in [4.69, 9.17) is 4.74 Å². The van der Waals surface area contributed by atoms with Crippen LogP contribution in [0, 0.1) is 0 Å². The number of carbonyl (C=O) groups is 2. The highest BCUT2D eigenvalue weighted by molar-refractivity contribution is 7.99. The summed E-state index contributed by atoms with van der Waals surface area (Å²) in [5.41, 5.74) is -0.584. The minimum atomic E-state index is -4.62. The Kier molecular flexibility index (Phi) is 9.00. The summed E-state index contributed by atoms with van der Waals surface area (Å²) >= 11 is 1.35. The van der Waals surface area contributed by atoms with Gasteiger partial charge in [0.05, 0.1) is 30.8 Å². The molecule has 0 radical (unpaired) electrons. The molecule has 0 bridgehead atoms. The van der Waals surface area contributed by atoms with Crippen LogP contribution in [0.5, 0.6) is 5.75 Å². The summed E-state index contributed by atoms with van der Waals surface area (Å²) in [5.74, 6) is -0.404. The summed E-state index contributed by atoms with van der Waals surface area (Å²) in [5, 5.41) is 5.20. The molecule has 2 aromatic rings. The number of hydrogen-bond donors (Lipinski definition) is 2. The lowest BCUT2D eigenvalue weighted by molar-refractivity contribution is -0.137. The van der Waals surface area contributed by atoms with Crippen LogP contribution in [0.15, 0.2) is 47.4 Å². The van der Waals surface area contributed by atoms with Gasteiger partial charge in [-0.05, 0) is 42.3 Å². The largest absolute Gasteiger partial charge is 0.497 e. The molecule has 0 aliphatic rings. The molecule has 2 N–H and O–H groups in total. The van der Waals surface area contributed by atoms with Crippen LogP contribution in [0.2, 0.25) is 0 Å². The molecule has 0 aliphatic heterocycles. The quantitative estimate of drug-likeness (QED) is 0.456. The van der Waals surface area contributed by atoms with Gasteiger partial charge in [-0.2, -0.15) is 13.2 Å². The lowest BCUT2D eigenvalue weighted by atomic mass is 10.0. The van der Waals surface area contributed by atoms with Gasteiger partial charge in [0.1, 0.15) is 5.75 Å². The standard InChI is InChI=1S/C23H27F3N2O3S/c1-5-14(2)32-18-10-11-20(19(12-18)23(24,25)26)28-22(30)13-21(27-15(3)29)16-6-8-17(31-4)9-7-16/h6-12,14,21H,5,13H2,1-4H3,(H,27,29)(H,28,30). The molecule has 0 aromatic heterocycles. The zero-order chi connectivity index (χ0) is 23.9. The maximum Gasteiger partial charge on any atom is 0.418 e. The second kappa shape index (κ2) is 11.3. The van der Waals surface area contributed by atoms with Crippen molar-refractivity contribution in [1.82, 2.24) is 5.32 Å². The van der Waals surface area contributed by atoms with E-state index in [0.29, 0.717) is 16.2 Å². The molecule has 2 amide bonds. The van der Waals surface area contributed by atoms with Gasteiger partial charge in [0.2, 0.25) is 11.8 Å². The van der Waals surface area contributed by atoms with Gasteiger partial charge >= 0.3 is 6.18 Å². The summed E-state index contributed by atoms with van der Waals surface area (Å²) < 4.78 is 46.0. The van der Waals surface area contributed by atoms with Crippen LogP contribution in [0.25, 0.3) is 0 Å². The summed E-state index contributed by atoms with van der Waals surface area (Å²) in [7, 11) is 1.51. The van der Waals surface area contributed by atoms with Gasteiger partial charge in [-0.15, -0.1) is 11.8 Å². The first kappa shape index (κ1) is 25.6. The summed E-state index contributed by atoms with van der Waals surface area (Å²) in [6.45, 7) is 5.21. The van der Waals surface area contributed by atoms with E-state index < -0.39 is 23.7 Å². The third-order valence-corrected chi connectivity index (χ3v) is 6.03. The van der Waals surface area contributed by atoms with Gasteiger partial charge in [0.15, 0.2) is 0 Å². The Hall–Kier alpha value is -2.68. The Labute approximate surface area is 190 Å². The van der Waals surface area contributed by atoms with Gasteiger partial charge in [-0.25, -0.2) is 0 Å². The predicted octanol–water partition coefficient (Wildman–Crippen LogP) is 5.81.